The van der Waals surface area contributed by atoms with Crippen molar-refractivity contribution in [3.8, 4) is 0 Å². The van der Waals surface area contributed by atoms with Gasteiger partial charge in [0.2, 0.25) is 0 Å². The maximum Gasteiger partial charge on any atom is 0.132 e. The second-order valence-corrected chi connectivity index (χ2v) is 3.46. The molecule has 0 amide bonds. The Bertz CT molecular complexity index is 240. The topological polar surface area (TPSA) is 33.4 Å². The molecular weight excluding hydrogens is 164 g/mol. The molecule has 1 rings (SSSR count). The van der Waals surface area contributed by atoms with Crippen LogP contribution in [0.4, 0.5) is 0 Å². The van der Waals surface area contributed by atoms with Gasteiger partial charge in [0.1, 0.15) is 17.6 Å². The van der Waals surface area contributed by atoms with Crippen LogP contribution in [-0.4, -0.2) is 5.11 Å². The molecule has 74 valence electrons. The van der Waals surface area contributed by atoms with Gasteiger partial charge < -0.3 is 9.52 Å². The second-order valence-electron chi connectivity index (χ2n) is 3.46. The van der Waals surface area contributed by atoms with E-state index in [0.717, 1.165) is 18.6 Å². The molecule has 0 fully saturated rings. The van der Waals surface area contributed by atoms with Crippen molar-refractivity contribution in [2.75, 3.05) is 0 Å². The molecule has 0 saturated carbocycles. The summed E-state index contributed by atoms with van der Waals surface area (Å²) in [5.41, 5.74) is 0. The van der Waals surface area contributed by atoms with Crippen LogP contribution >= 0.6 is 0 Å². The third-order valence-corrected chi connectivity index (χ3v) is 2.17. The molecule has 1 heterocycles. The third-order valence-electron chi connectivity index (χ3n) is 2.17. The lowest BCUT2D eigenvalue weighted by atomic mass is 10.1. The molecule has 0 bridgehead atoms. The summed E-state index contributed by atoms with van der Waals surface area (Å²) in [5.74, 6) is 1.57. The van der Waals surface area contributed by atoms with E-state index in [1.54, 1.807) is 0 Å². The van der Waals surface area contributed by atoms with Gasteiger partial charge in [0.15, 0.2) is 0 Å². The number of rotatable bonds is 5. The fraction of sp³-hybridized carbons (Fsp3) is 0.636. The highest BCUT2D eigenvalue weighted by Crippen LogP contribution is 2.21. The van der Waals surface area contributed by atoms with E-state index < -0.39 is 6.10 Å². The molecule has 1 aromatic rings. The van der Waals surface area contributed by atoms with Crippen LogP contribution in [0.2, 0.25) is 0 Å². The van der Waals surface area contributed by atoms with E-state index in [1.165, 1.54) is 12.8 Å². The normalized spacial score (nSPS) is 13.2. The molecule has 0 aliphatic carbocycles. The number of hydrogen-bond donors (Lipinski definition) is 1. The fourth-order valence-corrected chi connectivity index (χ4v) is 1.36. The van der Waals surface area contributed by atoms with Crippen LogP contribution in [0.3, 0.4) is 0 Å². The Kier molecular flexibility index (Phi) is 4.03. The molecule has 0 aliphatic heterocycles. The summed E-state index contributed by atoms with van der Waals surface area (Å²) in [6, 6.07) is 3.74. The van der Waals surface area contributed by atoms with E-state index >= 15 is 0 Å². The molecule has 1 unspecified atom stereocenters. The Morgan fingerprint density at radius 1 is 1.38 bits per heavy atom. The van der Waals surface area contributed by atoms with Crippen LogP contribution in [-0.2, 0) is 0 Å². The van der Waals surface area contributed by atoms with Gasteiger partial charge in [-0.1, -0.05) is 26.2 Å². The van der Waals surface area contributed by atoms with Crippen molar-refractivity contribution < 1.29 is 9.52 Å². The van der Waals surface area contributed by atoms with Gasteiger partial charge in [-0.05, 0) is 25.5 Å². The van der Waals surface area contributed by atoms with Crippen LogP contribution in [0.1, 0.15) is 50.2 Å². The minimum Gasteiger partial charge on any atom is -0.464 e. The highest BCUT2D eigenvalue weighted by molar-refractivity contribution is 5.07. The summed E-state index contributed by atoms with van der Waals surface area (Å²) in [5, 5.41) is 9.67. The average Bonchev–Trinajstić information content (AvgIpc) is 2.52. The highest BCUT2D eigenvalue weighted by atomic mass is 16.4. The van der Waals surface area contributed by atoms with Gasteiger partial charge in [-0.2, -0.15) is 0 Å². The lowest BCUT2D eigenvalue weighted by molar-refractivity contribution is 0.135. The van der Waals surface area contributed by atoms with Crippen molar-refractivity contribution in [1.82, 2.24) is 0 Å². The summed E-state index contributed by atoms with van der Waals surface area (Å²) in [6.45, 7) is 4.05. The third kappa shape index (κ3) is 3.23. The Morgan fingerprint density at radius 2 is 2.15 bits per heavy atom. The Balaban J connectivity index is 2.35. The predicted molar refractivity (Wildman–Crippen MR) is 52.5 cm³/mol. The van der Waals surface area contributed by atoms with Crippen molar-refractivity contribution in [2.45, 2.75) is 45.6 Å². The molecule has 0 aliphatic rings. The SMILES string of the molecule is CCCCCC(O)c1ccc(C)o1. The van der Waals surface area contributed by atoms with Crippen LogP contribution in [0.5, 0.6) is 0 Å². The van der Waals surface area contributed by atoms with Gasteiger partial charge in [-0.25, -0.2) is 0 Å². The zero-order chi connectivity index (χ0) is 9.68. The molecule has 13 heavy (non-hydrogen) atoms. The van der Waals surface area contributed by atoms with Crippen molar-refractivity contribution >= 4 is 0 Å². The van der Waals surface area contributed by atoms with Crippen molar-refractivity contribution in [1.29, 1.82) is 0 Å². The van der Waals surface area contributed by atoms with Crippen LogP contribution in [0.25, 0.3) is 0 Å². The largest absolute Gasteiger partial charge is 0.464 e. The number of aliphatic hydroxyl groups excluding tert-OH is 1. The minimum atomic E-state index is -0.416. The maximum absolute atomic E-state index is 9.67. The second kappa shape index (κ2) is 5.07. The monoisotopic (exact) mass is 182 g/mol. The zero-order valence-corrected chi connectivity index (χ0v) is 8.42. The quantitative estimate of drug-likeness (QED) is 0.709. The van der Waals surface area contributed by atoms with Crippen molar-refractivity contribution in [2.24, 2.45) is 0 Å². The number of hydrogen-bond acceptors (Lipinski definition) is 2. The molecule has 0 spiro atoms. The number of aliphatic hydroxyl groups is 1. The summed E-state index contributed by atoms with van der Waals surface area (Å²) < 4.78 is 5.33. The van der Waals surface area contributed by atoms with Crippen LogP contribution < -0.4 is 0 Å². The average molecular weight is 182 g/mol. The fourth-order valence-electron chi connectivity index (χ4n) is 1.36. The van der Waals surface area contributed by atoms with Gasteiger partial charge >= 0.3 is 0 Å². The van der Waals surface area contributed by atoms with Gasteiger partial charge in [0.05, 0.1) is 0 Å². The van der Waals surface area contributed by atoms with E-state index in [9.17, 15) is 5.11 Å². The first-order valence-corrected chi connectivity index (χ1v) is 4.98. The van der Waals surface area contributed by atoms with E-state index in [0.29, 0.717) is 5.76 Å². The molecule has 1 atom stereocenters. The van der Waals surface area contributed by atoms with Crippen LogP contribution in [0, 0.1) is 6.92 Å². The van der Waals surface area contributed by atoms with Gasteiger partial charge in [0.25, 0.3) is 0 Å². The summed E-state index contributed by atoms with van der Waals surface area (Å²) >= 11 is 0. The summed E-state index contributed by atoms with van der Waals surface area (Å²) in [4.78, 5) is 0. The predicted octanol–water partition coefficient (Wildman–Crippen LogP) is 3.20. The molecular formula is C11H18O2. The molecule has 2 nitrogen and oxygen atoms in total. The first-order valence-electron chi connectivity index (χ1n) is 4.98. The standard InChI is InChI=1S/C11H18O2/c1-3-4-5-6-10(12)11-8-7-9(2)13-11/h7-8,10,12H,3-6H2,1-2H3. The molecule has 1 N–H and O–H groups in total. The van der Waals surface area contributed by atoms with Gasteiger partial charge in [0, 0.05) is 0 Å². The first kappa shape index (κ1) is 10.3. The Labute approximate surface area is 79.6 Å². The van der Waals surface area contributed by atoms with Gasteiger partial charge in [-0.15, -0.1) is 0 Å². The molecule has 2 heteroatoms. The maximum atomic E-state index is 9.67. The minimum absolute atomic E-state index is 0.416. The zero-order valence-electron chi connectivity index (χ0n) is 8.42. The molecule has 1 aromatic heterocycles. The summed E-state index contributed by atoms with van der Waals surface area (Å²) in [6.07, 6.45) is 3.82. The Hall–Kier alpha value is -0.760. The van der Waals surface area contributed by atoms with E-state index in [4.69, 9.17) is 4.42 Å². The number of furan rings is 1. The first-order chi connectivity index (χ1) is 6.24. The van der Waals surface area contributed by atoms with Crippen molar-refractivity contribution in [3.63, 3.8) is 0 Å². The van der Waals surface area contributed by atoms with E-state index in [2.05, 4.69) is 6.92 Å². The molecule has 0 aromatic carbocycles. The number of aryl methyl sites for hydroxylation is 1. The van der Waals surface area contributed by atoms with Crippen LogP contribution in [0.15, 0.2) is 16.5 Å². The van der Waals surface area contributed by atoms with Gasteiger partial charge in [-0.3, -0.25) is 0 Å². The molecule has 0 saturated heterocycles. The van der Waals surface area contributed by atoms with E-state index in [1.807, 2.05) is 19.1 Å². The Morgan fingerprint density at radius 3 is 2.69 bits per heavy atom. The lowest BCUT2D eigenvalue weighted by Gasteiger charge is -2.06. The van der Waals surface area contributed by atoms with Crippen molar-refractivity contribution in [3.05, 3.63) is 23.7 Å². The molecule has 0 radical (unpaired) electrons. The van der Waals surface area contributed by atoms with E-state index in [-0.39, 0.29) is 0 Å². The number of unbranched alkanes of at least 4 members (excludes halogenated alkanes) is 2. The smallest absolute Gasteiger partial charge is 0.132 e. The highest BCUT2D eigenvalue weighted by Gasteiger charge is 2.10. The lowest BCUT2D eigenvalue weighted by Crippen LogP contribution is -1.94. The summed E-state index contributed by atoms with van der Waals surface area (Å²) in [7, 11) is 0.